The zero-order valence-corrected chi connectivity index (χ0v) is 22.1. The van der Waals surface area contributed by atoms with Crippen LogP contribution in [0.3, 0.4) is 0 Å². The summed E-state index contributed by atoms with van der Waals surface area (Å²) in [5, 5.41) is 3.67. The maximum Gasteiger partial charge on any atom is 0.268 e. The third kappa shape index (κ3) is 5.64. The van der Waals surface area contributed by atoms with E-state index in [2.05, 4.69) is 15.3 Å². The van der Waals surface area contributed by atoms with Crippen LogP contribution in [0.4, 0.5) is 5.69 Å². The second-order valence-electron chi connectivity index (χ2n) is 8.40. The standard InChI is InChI=1S/C27H23ClN4O3S2/c28-21-11-12-23-22(15-21)26-24(37(34,35)32(23)17-20-9-5-2-6-10-20)16-30-27(31-26)36-18-25(33)29-14-13-19-7-3-1-4-8-19/h1-12,15-16H,13-14,17-18H2,(H,29,33). The third-order valence-corrected chi connectivity index (χ3v) is 8.72. The Morgan fingerprint density at radius 1 is 0.973 bits per heavy atom. The lowest BCUT2D eigenvalue weighted by Gasteiger charge is -2.31. The second kappa shape index (κ2) is 10.9. The van der Waals surface area contributed by atoms with E-state index in [0.29, 0.717) is 28.0 Å². The van der Waals surface area contributed by atoms with Crippen molar-refractivity contribution in [1.29, 1.82) is 0 Å². The van der Waals surface area contributed by atoms with Gasteiger partial charge in [0, 0.05) is 17.1 Å². The van der Waals surface area contributed by atoms with Gasteiger partial charge in [-0.1, -0.05) is 84.0 Å². The minimum absolute atomic E-state index is 0.00913. The molecular weight excluding hydrogens is 528 g/mol. The Hall–Kier alpha value is -3.40. The number of anilines is 1. The fourth-order valence-corrected chi connectivity index (χ4v) is 6.44. The van der Waals surface area contributed by atoms with Gasteiger partial charge in [0.15, 0.2) is 5.16 Å². The zero-order chi connectivity index (χ0) is 25.8. The highest BCUT2D eigenvalue weighted by Gasteiger charge is 2.37. The number of benzene rings is 3. The molecule has 5 rings (SSSR count). The van der Waals surface area contributed by atoms with E-state index in [9.17, 15) is 13.2 Å². The number of carbonyl (C=O) groups excluding carboxylic acids is 1. The molecule has 1 aromatic heterocycles. The molecule has 1 aliphatic rings. The fraction of sp³-hybridized carbons (Fsp3) is 0.148. The highest BCUT2D eigenvalue weighted by atomic mass is 35.5. The van der Waals surface area contributed by atoms with E-state index < -0.39 is 10.0 Å². The summed E-state index contributed by atoms with van der Waals surface area (Å²) in [7, 11) is -3.92. The number of thioether (sulfide) groups is 1. The molecule has 1 N–H and O–H groups in total. The average Bonchev–Trinajstić information content (AvgIpc) is 2.91. The van der Waals surface area contributed by atoms with Crippen LogP contribution in [-0.2, 0) is 27.8 Å². The molecule has 0 spiro atoms. The van der Waals surface area contributed by atoms with Gasteiger partial charge in [-0.25, -0.2) is 18.4 Å². The summed E-state index contributed by atoms with van der Waals surface area (Å²) in [6.07, 6.45) is 2.05. The molecule has 0 unspecified atom stereocenters. The molecule has 0 fully saturated rings. The molecule has 0 atom stereocenters. The van der Waals surface area contributed by atoms with Crippen LogP contribution in [-0.4, -0.2) is 36.6 Å². The first kappa shape index (κ1) is 25.3. The van der Waals surface area contributed by atoms with Crippen molar-refractivity contribution in [2.45, 2.75) is 23.0 Å². The van der Waals surface area contributed by atoms with E-state index in [1.54, 1.807) is 18.2 Å². The molecule has 37 heavy (non-hydrogen) atoms. The quantitative estimate of drug-likeness (QED) is 0.246. The molecule has 1 aliphatic heterocycles. The number of nitrogens with zero attached hydrogens (tertiary/aromatic N) is 3. The highest BCUT2D eigenvalue weighted by Crippen LogP contribution is 2.44. The number of hydrogen-bond acceptors (Lipinski definition) is 6. The first-order valence-corrected chi connectivity index (χ1v) is 14.4. The Balaban J connectivity index is 1.35. The maximum absolute atomic E-state index is 13.6. The fourth-order valence-electron chi connectivity index (χ4n) is 4.06. The van der Waals surface area contributed by atoms with Crippen molar-refractivity contribution in [3.05, 3.63) is 101 Å². The largest absolute Gasteiger partial charge is 0.355 e. The minimum Gasteiger partial charge on any atom is -0.355 e. The van der Waals surface area contributed by atoms with Gasteiger partial charge in [-0.3, -0.25) is 9.10 Å². The molecule has 0 aliphatic carbocycles. The smallest absolute Gasteiger partial charge is 0.268 e. The number of sulfonamides is 1. The Morgan fingerprint density at radius 2 is 1.68 bits per heavy atom. The molecule has 3 aromatic carbocycles. The summed E-state index contributed by atoms with van der Waals surface area (Å²) in [6, 6.07) is 24.3. The summed E-state index contributed by atoms with van der Waals surface area (Å²) < 4.78 is 28.6. The van der Waals surface area contributed by atoms with Gasteiger partial charge >= 0.3 is 0 Å². The number of amides is 1. The number of nitrogens with one attached hydrogen (secondary N) is 1. The number of carbonyl (C=O) groups is 1. The van der Waals surface area contributed by atoms with Crippen molar-refractivity contribution < 1.29 is 13.2 Å². The van der Waals surface area contributed by atoms with Crippen molar-refractivity contribution in [2.75, 3.05) is 16.6 Å². The first-order chi connectivity index (χ1) is 17.9. The monoisotopic (exact) mass is 550 g/mol. The Kier molecular flexibility index (Phi) is 7.45. The van der Waals surface area contributed by atoms with Gasteiger partial charge in [0.2, 0.25) is 5.91 Å². The molecule has 7 nitrogen and oxygen atoms in total. The summed E-state index contributed by atoms with van der Waals surface area (Å²) in [5.74, 6) is -0.0320. The summed E-state index contributed by atoms with van der Waals surface area (Å²) >= 11 is 7.44. The molecule has 0 saturated heterocycles. The topological polar surface area (TPSA) is 92.3 Å². The number of rotatable bonds is 8. The van der Waals surface area contributed by atoms with Gasteiger partial charge in [0.25, 0.3) is 10.0 Å². The first-order valence-electron chi connectivity index (χ1n) is 11.6. The van der Waals surface area contributed by atoms with Crippen LogP contribution in [0, 0.1) is 0 Å². The van der Waals surface area contributed by atoms with Crippen LogP contribution in [0.15, 0.2) is 95.1 Å². The van der Waals surface area contributed by atoms with Gasteiger partial charge < -0.3 is 5.32 Å². The van der Waals surface area contributed by atoms with Gasteiger partial charge in [0.1, 0.15) is 4.90 Å². The molecule has 10 heteroatoms. The minimum atomic E-state index is -3.92. The zero-order valence-electron chi connectivity index (χ0n) is 19.7. The lowest BCUT2D eigenvalue weighted by Crippen LogP contribution is -2.34. The van der Waals surface area contributed by atoms with E-state index in [1.807, 2.05) is 60.7 Å². The van der Waals surface area contributed by atoms with E-state index in [4.69, 9.17) is 11.6 Å². The van der Waals surface area contributed by atoms with Crippen molar-refractivity contribution in [1.82, 2.24) is 15.3 Å². The third-order valence-electron chi connectivity index (χ3n) is 5.86. The van der Waals surface area contributed by atoms with E-state index >= 15 is 0 Å². The van der Waals surface area contributed by atoms with E-state index in [0.717, 1.165) is 29.3 Å². The number of fused-ring (bicyclic) bond motifs is 3. The molecule has 4 aromatic rings. The van der Waals surface area contributed by atoms with Crippen LogP contribution >= 0.6 is 23.4 Å². The van der Waals surface area contributed by atoms with Crippen molar-refractivity contribution in [2.24, 2.45) is 0 Å². The Bertz CT molecular complexity index is 1530. The lowest BCUT2D eigenvalue weighted by molar-refractivity contribution is -0.118. The van der Waals surface area contributed by atoms with Crippen molar-refractivity contribution in [3.8, 4) is 11.3 Å². The van der Waals surface area contributed by atoms with Crippen LogP contribution in [0.2, 0.25) is 5.02 Å². The number of aromatic nitrogens is 2. The van der Waals surface area contributed by atoms with Gasteiger partial charge in [-0.05, 0) is 35.7 Å². The lowest BCUT2D eigenvalue weighted by atomic mass is 10.1. The molecule has 0 saturated carbocycles. The Morgan fingerprint density at radius 3 is 2.41 bits per heavy atom. The highest BCUT2D eigenvalue weighted by molar-refractivity contribution is 7.99. The maximum atomic E-state index is 13.6. The van der Waals surface area contributed by atoms with Crippen LogP contribution in [0.5, 0.6) is 0 Å². The van der Waals surface area contributed by atoms with E-state index in [1.165, 1.54) is 10.5 Å². The number of hydrogen-bond donors (Lipinski definition) is 1. The number of halogens is 1. The van der Waals surface area contributed by atoms with E-state index in [-0.39, 0.29) is 28.8 Å². The molecule has 0 bridgehead atoms. The average molecular weight is 551 g/mol. The van der Waals surface area contributed by atoms with Gasteiger partial charge in [-0.2, -0.15) is 0 Å². The molecule has 1 amide bonds. The predicted molar refractivity (Wildman–Crippen MR) is 146 cm³/mol. The second-order valence-corrected chi connectivity index (χ2v) is 11.6. The Labute approximate surface area is 225 Å². The summed E-state index contributed by atoms with van der Waals surface area (Å²) in [6.45, 7) is 0.687. The molecule has 0 radical (unpaired) electrons. The molecular formula is C27H23ClN4O3S2. The van der Waals surface area contributed by atoms with Crippen LogP contribution in [0.1, 0.15) is 11.1 Å². The van der Waals surface area contributed by atoms with Crippen LogP contribution < -0.4 is 9.62 Å². The van der Waals surface area contributed by atoms with Gasteiger partial charge in [-0.15, -0.1) is 0 Å². The SMILES string of the molecule is O=C(CSc1ncc2c(n1)-c1cc(Cl)ccc1N(Cc1ccccc1)S2(=O)=O)NCCc1ccccc1. The van der Waals surface area contributed by atoms with Gasteiger partial charge in [0.05, 0.1) is 29.9 Å². The molecule has 2 heterocycles. The van der Waals surface area contributed by atoms with Crippen molar-refractivity contribution in [3.63, 3.8) is 0 Å². The molecule has 188 valence electrons. The van der Waals surface area contributed by atoms with Crippen molar-refractivity contribution >= 4 is 45.0 Å². The summed E-state index contributed by atoms with van der Waals surface area (Å²) in [5.41, 5.74) is 3.37. The van der Waals surface area contributed by atoms with Crippen LogP contribution in [0.25, 0.3) is 11.3 Å². The normalized spacial score (nSPS) is 13.5. The summed E-state index contributed by atoms with van der Waals surface area (Å²) in [4.78, 5) is 21.2. The predicted octanol–water partition coefficient (Wildman–Crippen LogP) is 4.96.